The van der Waals surface area contributed by atoms with Gasteiger partial charge >= 0.3 is 0 Å². The van der Waals surface area contributed by atoms with E-state index in [0.29, 0.717) is 30.4 Å². The molecule has 2 aromatic heterocycles. The molecule has 0 unspecified atom stereocenters. The molecule has 2 saturated carbocycles. The van der Waals surface area contributed by atoms with Crippen LogP contribution in [0.1, 0.15) is 67.0 Å². The molecular formula is C29H29ClN2O3. The summed E-state index contributed by atoms with van der Waals surface area (Å²) in [6, 6.07) is 17.9. The topological polar surface area (TPSA) is 68.4 Å². The van der Waals surface area contributed by atoms with E-state index in [1.165, 1.54) is 0 Å². The highest BCUT2D eigenvalue weighted by Crippen LogP contribution is 2.46. The van der Waals surface area contributed by atoms with Crippen molar-refractivity contribution in [3.63, 3.8) is 0 Å². The van der Waals surface area contributed by atoms with E-state index in [4.69, 9.17) is 25.8 Å². The second-order valence-electron chi connectivity index (χ2n) is 10.0. The molecule has 5 nitrogen and oxygen atoms in total. The molecule has 2 fully saturated rings. The number of halogens is 1. The summed E-state index contributed by atoms with van der Waals surface area (Å²) >= 11 is 6.56. The number of aryl methyl sites for hydroxylation is 1. The van der Waals surface area contributed by atoms with Crippen molar-refractivity contribution in [2.75, 3.05) is 0 Å². The van der Waals surface area contributed by atoms with Crippen molar-refractivity contribution >= 4 is 22.5 Å². The molecule has 0 saturated heterocycles. The number of hydrogen-bond donors (Lipinski definition) is 1. The van der Waals surface area contributed by atoms with Crippen molar-refractivity contribution in [2.24, 2.45) is 0 Å². The third-order valence-corrected chi connectivity index (χ3v) is 7.84. The van der Waals surface area contributed by atoms with Gasteiger partial charge in [-0.1, -0.05) is 53.2 Å². The van der Waals surface area contributed by atoms with E-state index >= 15 is 0 Å². The summed E-state index contributed by atoms with van der Waals surface area (Å²) in [6.45, 7) is 2.48. The average molecular weight is 489 g/mol. The molecule has 6 rings (SSSR count). The van der Waals surface area contributed by atoms with Crippen LogP contribution in [-0.2, 0) is 16.9 Å². The van der Waals surface area contributed by atoms with E-state index in [1.807, 2.05) is 61.5 Å². The van der Waals surface area contributed by atoms with Gasteiger partial charge in [0.05, 0.1) is 28.9 Å². The molecule has 2 aliphatic carbocycles. The largest absolute Gasteiger partial charge is 0.384 e. The highest BCUT2D eigenvalue weighted by molar-refractivity contribution is 6.33. The van der Waals surface area contributed by atoms with Crippen LogP contribution in [0.15, 0.2) is 59.1 Å². The summed E-state index contributed by atoms with van der Waals surface area (Å²) in [4.78, 5) is 4.76. The number of aliphatic hydroxyl groups is 1. The SMILES string of the molecule is Cc1cccc(Cl)c1-c1noc(C2CC2)c1COC1CCC(O)(c2ccc3ccccc3n2)CC1. The molecule has 0 aliphatic heterocycles. The quantitative estimate of drug-likeness (QED) is 0.314. The summed E-state index contributed by atoms with van der Waals surface area (Å²) in [5, 5.41) is 17.6. The molecule has 2 aromatic carbocycles. The fourth-order valence-corrected chi connectivity index (χ4v) is 5.59. The van der Waals surface area contributed by atoms with Gasteiger partial charge in [0.25, 0.3) is 0 Å². The Morgan fingerprint density at radius 3 is 2.60 bits per heavy atom. The van der Waals surface area contributed by atoms with Gasteiger partial charge in [-0.2, -0.15) is 0 Å². The Morgan fingerprint density at radius 2 is 1.83 bits per heavy atom. The number of ether oxygens (including phenoxy) is 1. The Hall–Kier alpha value is -2.73. The normalized spacial score (nSPS) is 22.5. The Bertz CT molecular complexity index is 1350. The lowest BCUT2D eigenvalue weighted by atomic mass is 9.80. The lowest BCUT2D eigenvalue weighted by Crippen LogP contribution is -2.35. The van der Waals surface area contributed by atoms with Gasteiger partial charge in [0.2, 0.25) is 0 Å². The standard InChI is InChI=1S/C29H29ClN2O3/c1-18-5-4-7-23(30)26(18)27-22(28(35-32-27)20-9-10-20)17-34-21-13-15-29(33,16-14-21)25-12-11-19-6-2-3-8-24(19)31-25/h2-8,11-12,20-21,33H,9-10,13-17H2,1H3. The fraction of sp³-hybridized carbons (Fsp3) is 0.379. The van der Waals surface area contributed by atoms with Crippen LogP contribution in [0.5, 0.6) is 0 Å². The minimum atomic E-state index is -0.917. The molecule has 0 bridgehead atoms. The van der Waals surface area contributed by atoms with Crippen LogP contribution in [-0.4, -0.2) is 21.4 Å². The zero-order valence-corrected chi connectivity index (χ0v) is 20.6. The van der Waals surface area contributed by atoms with Crippen molar-refractivity contribution in [1.82, 2.24) is 10.1 Å². The highest BCUT2D eigenvalue weighted by atomic mass is 35.5. The monoisotopic (exact) mass is 488 g/mol. The Kier molecular flexibility index (Phi) is 5.87. The highest BCUT2D eigenvalue weighted by Gasteiger charge is 2.38. The number of para-hydroxylation sites is 1. The first-order chi connectivity index (χ1) is 17.0. The van der Waals surface area contributed by atoms with Gasteiger partial charge in [-0.15, -0.1) is 0 Å². The van der Waals surface area contributed by atoms with Crippen LogP contribution in [0.2, 0.25) is 5.02 Å². The van der Waals surface area contributed by atoms with E-state index < -0.39 is 5.60 Å². The van der Waals surface area contributed by atoms with E-state index in [0.717, 1.165) is 70.4 Å². The molecule has 35 heavy (non-hydrogen) atoms. The maximum Gasteiger partial charge on any atom is 0.145 e. The van der Waals surface area contributed by atoms with Gasteiger partial charge in [0.1, 0.15) is 17.1 Å². The van der Waals surface area contributed by atoms with Crippen LogP contribution < -0.4 is 0 Å². The number of aromatic nitrogens is 2. The Labute approximate surface area is 210 Å². The van der Waals surface area contributed by atoms with Crippen LogP contribution in [0.25, 0.3) is 22.2 Å². The van der Waals surface area contributed by atoms with Crippen LogP contribution in [0, 0.1) is 6.92 Å². The zero-order chi connectivity index (χ0) is 24.0. The molecule has 1 N–H and O–H groups in total. The number of rotatable bonds is 6. The summed E-state index contributed by atoms with van der Waals surface area (Å²) < 4.78 is 12.2. The molecule has 0 spiro atoms. The summed E-state index contributed by atoms with van der Waals surface area (Å²) in [7, 11) is 0. The van der Waals surface area contributed by atoms with Gasteiger partial charge < -0.3 is 14.4 Å². The predicted octanol–water partition coefficient (Wildman–Crippen LogP) is 7.08. The third-order valence-electron chi connectivity index (χ3n) is 7.52. The Morgan fingerprint density at radius 1 is 1.03 bits per heavy atom. The fourth-order valence-electron chi connectivity index (χ4n) is 5.27. The van der Waals surface area contributed by atoms with Gasteiger partial charge in [-0.3, -0.25) is 0 Å². The maximum atomic E-state index is 11.4. The second kappa shape index (κ2) is 9.05. The number of benzene rings is 2. The van der Waals surface area contributed by atoms with E-state index in [2.05, 4.69) is 5.16 Å². The smallest absolute Gasteiger partial charge is 0.145 e. The van der Waals surface area contributed by atoms with Crippen LogP contribution in [0.3, 0.4) is 0 Å². The first-order valence-electron chi connectivity index (χ1n) is 12.5. The van der Waals surface area contributed by atoms with E-state index in [1.54, 1.807) is 0 Å². The zero-order valence-electron chi connectivity index (χ0n) is 19.8. The Balaban J connectivity index is 1.18. The molecule has 180 valence electrons. The summed E-state index contributed by atoms with van der Waals surface area (Å²) in [6.07, 6.45) is 5.11. The first-order valence-corrected chi connectivity index (χ1v) is 12.8. The number of fused-ring (bicyclic) bond motifs is 1. The first kappa shape index (κ1) is 22.7. The van der Waals surface area contributed by atoms with Crippen molar-refractivity contribution in [2.45, 2.75) is 69.7 Å². The average Bonchev–Trinajstić information content (AvgIpc) is 3.64. The summed E-state index contributed by atoms with van der Waals surface area (Å²) in [5.74, 6) is 1.36. The van der Waals surface area contributed by atoms with Gasteiger partial charge in [-0.05, 0) is 69.2 Å². The third kappa shape index (κ3) is 4.37. The van der Waals surface area contributed by atoms with Gasteiger partial charge in [-0.25, -0.2) is 4.98 Å². The molecule has 2 heterocycles. The predicted molar refractivity (Wildman–Crippen MR) is 136 cm³/mol. The molecule has 0 radical (unpaired) electrons. The minimum Gasteiger partial charge on any atom is -0.384 e. The molecule has 0 atom stereocenters. The molecular weight excluding hydrogens is 460 g/mol. The number of hydrogen-bond acceptors (Lipinski definition) is 5. The van der Waals surface area contributed by atoms with Gasteiger partial charge in [0, 0.05) is 22.4 Å². The molecule has 6 heteroatoms. The van der Waals surface area contributed by atoms with Crippen LogP contribution in [0.4, 0.5) is 0 Å². The van der Waals surface area contributed by atoms with Crippen molar-refractivity contribution in [3.8, 4) is 11.3 Å². The number of pyridine rings is 1. The van der Waals surface area contributed by atoms with Crippen LogP contribution >= 0.6 is 11.6 Å². The van der Waals surface area contributed by atoms with Gasteiger partial charge in [0.15, 0.2) is 0 Å². The maximum absolute atomic E-state index is 11.4. The van der Waals surface area contributed by atoms with E-state index in [-0.39, 0.29) is 6.10 Å². The second-order valence-corrected chi connectivity index (χ2v) is 10.4. The number of nitrogens with zero attached hydrogens (tertiary/aromatic N) is 2. The van der Waals surface area contributed by atoms with Crippen molar-refractivity contribution in [1.29, 1.82) is 0 Å². The lowest BCUT2D eigenvalue weighted by molar-refractivity contribution is -0.0660. The molecule has 2 aliphatic rings. The molecule has 0 amide bonds. The molecule has 4 aromatic rings. The lowest BCUT2D eigenvalue weighted by Gasteiger charge is -2.35. The van der Waals surface area contributed by atoms with Crippen molar-refractivity contribution in [3.05, 3.63) is 82.2 Å². The summed E-state index contributed by atoms with van der Waals surface area (Å²) in [5.41, 5.74) is 4.55. The van der Waals surface area contributed by atoms with Crippen molar-refractivity contribution < 1.29 is 14.4 Å². The van der Waals surface area contributed by atoms with E-state index in [9.17, 15) is 5.11 Å². The minimum absolute atomic E-state index is 0.0675.